The van der Waals surface area contributed by atoms with Crippen molar-refractivity contribution in [2.45, 2.75) is 32.7 Å². The van der Waals surface area contributed by atoms with Crippen LogP contribution in [0.2, 0.25) is 0 Å². The molecule has 0 aromatic carbocycles. The molecule has 0 fully saturated rings. The average molecular weight is 384 g/mol. The minimum absolute atomic E-state index is 0.0417. The molecule has 0 aliphatic carbocycles. The Kier molecular flexibility index (Phi) is 9.06. The topological polar surface area (TPSA) is 152 Å². The molecule has 0 saturated heterocycles. The van der Waals surface area contributed by atoms with E-state index in [2.05, 4.69) is 15.6 Å². The summed E-state index contributed by atoms with van der Waals surface area (Å²) in [7, 11) is 2.90. The number of aromatic amines is 1. The van der Waals surface area contributed by atoms with Gasteiger partial charge in [-0.25, -0.2) is 9.59 Å². The summed E-state index contributed by atoms with van der Waals surface area (Å²) >= 11 is 0. The van der Waals surface area contributed by atoms with Crippen molar-refractivity contribution in [3.05, 3.63) is 20.8 Å². The van der Waals surface area contributed by atoms with Crippen LogP contribution in [0.25, 0.3) is 0 Å². The first-order chi connectivity index (χ1) is 12.8. The molecule has 5 N–H and O–H groups in total. The van der Waals surface area contributed by atoms with Gasteiger partial charge in [-0.2, -0.15) is 0 Å². The first-order valence-electron chi connectivity index (χ1n) is 8.73. The minimum Gasteiger partial charge on any atom is -0.383 e. The highest BCUT2D eigenvalue weighted by Crippen LogP contribution is 2.17. The van der Waals surface area contributed by atoms with Crippen molar-refractivity contribution in [1.82, 2.24) is 20.2 Å². The molecule has 0 saturated carbocycles. The molecule has 0 aliphatic rings. The molecule has 1 aromatic heterocycles. The Morgan fingerprint density at radius 2 is 2.00 bits per heavy atom. The summed E-state index contributed by atoms with van der Waals surface area (Å²) in [5.41, 5.74) is 5.01. The fourth-order valence-electron chi connectivity index (χ4n) is 2.45. The molecule has 1 heterocycles. The van der Waals surface area contributed by atoms with E-state index in [1.807, 2.05) is 6.92 Å². The Balaban J connectivity index is 3.11. The summed E-state index contributed by atoms with van der Waals surface area (Å²) in [6.45, 7) is 3.03. The maximum absolute atomic E-state index is 12.4. The van der Waals surface area contributed by atoms with E-state index in [4.69, 9.17) is 10.5 Å². The Labute approximate surface area is 156 Å². The lowest BCUT2D eigenvalue weighted by Crippen LogP contribution is -2.42. The molecule has 11 nitrogen and oxygen atoms in total. The van der Waals surface area contributed by atoms with Gasteiger partial charge in [-0.1, -0.05) is 13.3 Å². The van der Waals surface area contributed by atoms with Gasteiger partial charge in [0.15, 0.2) is 0 Å². The van der Waals surface area contributed by atoms with Gasteiger partial charge in [0.1, 0.15) is 11.5 Å². The standard InChI is InChI=1S/C16H28N6O5/c1-4-5-7-22-13(17)12(14(24)20-16(22)26)21(9-10-27-3)8-6-11(23)19-15(25)18-2/h4-10,17H2,1-3H3,(H,20,24,26)(H2,18,19,23,25). The minimum atomic E-state index is -0.631. The predicted octanol–water partition coefficient (Wildman–Crippen LogP) is -0.783. The van der Waals surface area contributed by atoms with E-state index in [0.29, 0.717) is 6.54 Å². The van der Waals surface area contributed by atoms with E-state index < -0.39 is 23.2 Å². The summed E-state index contributed by atoms with van der Waals surface area (Å²) in [5, 5.41) is 4.43. The molecule has 0 spiro atoms. The van der Waals surface area contributed by atoms with Gasteiger partial charge in [-0.15, -0.1) is 0 Å². The number of urea groups is 1. The number of nitrogens with zero attached hydrogens (tertiary/aromatic N) is 2. The number of nitrogens with one attached hydrogen (secondary N) is 3. The van der Waals surface area contributed by atoms with Crippen LogP contribution in [-0.2, 0) is 16.1 Å². The number of unbranched alkanes of at least 4 members (excludes halogenated alkanes) is 1. The number of ether oxygens (including phenoxy) is 1. The molecule has 0 aliphatic heterocycles. The van der Waals surface area contributed by atoms with Crippen LogP contribution in [0, 0.1) is 0 Å². The highest BCUT2D eigenvalue weighted by molar-refractivity contribution is 5.94. The molecule has 27 heavy (non-hydrogen) atoms. The van der Waals surface area contributed by atoms with E-state index in [9.17, 15) is 19.2 Å². The smallest absolute Gasteiger partial charge is 0.330 e. The van der Waals surface area contributed by atoms with Crippen LogP contribution in [0.1, 0.15) is 26.2 Å². The van der Waals surface area contributed by atoms with Gasteiger partial charge in [0.05, 0.1) is 6.61 Å². The molecule has 1 aromatic rings. The molecule has 0 radical (unpaired) electrons. The van der Waals surface area contributed by atoms with Gasteiger partial charge in [0, 0.05) is 40.2 Å². The van der Waals surface area contributed by atoms with Crippen molar-refractivity contribution >= 4 is 23.4 Å². The van der Waals surface area contributed by atoms with E-state index in [1.165, 1.54) is 18.7 Å². The van der Waals surface area contributed by atoms with Gasteiger partial charge < -0.3 is 20.7 Å². The number of methoxy groups -OCH3 is 1. The Morgan fingerprint density at radius 1 is 1.30 bits per heavy atom. The van der Waals surface area contributed by atoms with E-state index in [0.717, 1.165) is 12.8 Å². The van der Waals surface area contributed by atoms with Gasteiger partial charge >= 0.3 is 11.7 Å². The molecule has 11 heteroatoms. The van der Waals surface area contributed by atoms with Crippen molar-refractivity contribution in [3.63, 3.8) is 0 Å². The Hall–Kier alpha value is -2.82. The van der Waals surface area contributed by atoms with Gasteiger partial charge in [-0.3, -0.25) is 24.5 Å². The van der Waals surface area contributed by atoms with Crippen molar-refractivity contribution in [1.29, 1.82) is 0 Å². The van der Waals surface area contributed by atoms with Crippen LogP contribution in [0.3, 0.4) is 0 Å². The van der Waals surface area contributed by atoms with Crippen LogP contribution in [0.4, 0.5) is 16.3 Å². The van der Waals surface area contributed by atoms with Crippen molar-refractivity contribution in [2.24, 2.45) is 0 Å². The van der Waals surface area contributed by atoms with Crippen LogP contribution in [0.5, 0.6) is 0 Å². The quantitative estimate of drug-likeness (QED) is 0.413. The van der Waals surface area contributed by atoms with Gasteiger partial charge in [0.2, 0.25) is 5.91 Å². The highest BCUT2D eigenvalue weighted by atomic mass is 16.5. The number of H-pyrrole nitrogens is 1. The number of rotatable bonds is 10. The van der Waals surface area contributed by atoms with E-state index >= 15 is 0 Å². The second kappa shape index (κ2) is 11.0. The summed E-state index contributed by atoms with van der Waals surface area (Å²) in [6.07, 6.45) is 1.53. The number of anilines is 2. The molecular weight excluding hydrogens is 356 g/mol. The molecule has 0 bridgehead atoms. The summed E-state index contributed by atoms with van der Waals surface area (Å²) < 4.78 is 6.36. The second-order valence-corrected chi connectivity index (χ2v) is 5.86. The zero-order valence-electron chi connectivity index (χ0n) is 16.0. The van der Waals surface area contributed by atoms with Crippen LogP contribution >= 0.6 is 0 Å². The third kappa shape index (κ3) is 6.44. The molecular formula is C16H28N6O5. The normalized spacial score (nSPS) is 10.5. The number of imide groups is 1. The summed E-state index contributed by atoms with van der Waals surface area (Å²) in [6, 6.07) is -0.617. The van der Waals surface area contributed by atoms with Crippen LogP contribution in [-0.4, -0.2) is 55.3 Å². The number of carbonyl (C=O) groups is 2. The van der Waals surface area contributed by atoms with Crippen molar-refractivity contribution < 1.29 is 14.3 Å². The lowest BCUT2D eigenvalue weighted by atomic mass is 10.3. The SMILES string of the molecule is CCCCn1c(N)c(N(CCOC)CCC(=O)NC(=O)NC)c(=O)[nH]c1=O. The number of nitrogen functional groups attached to an aromatic ring is 1. The Morgan fingerprint density at radius 3 is 2.59 bits per heavy atom. The third-order valence-corrected chi connectivity index (χ3v) is 3.92. The van der Waals surface area contributed by atoms with Gasteiger partial charge in [-0.05, 0) is 6.42 Å². The van der Waals surface area contributed by atoms with Crippen LogP contribution < -0.4 is 32.5 Å². The third-order valence-electron chi connectivity index (χ3n) is 3.92. The van der Waals surface area contributed by atoms with Crippen molar-refractivity contribution in [2.75, 3.05) is 44.5 Å². The van der Waals surface area contributed by atoms with Crippen molar-refractivity contribution in [3.8, 4) is 0 Å². The van der Waals surface area contributed by atoms with Gasteiger partial charge in [0.25, 0.3) is 5.56 Å². The number of aromatic nitrogens is 2. The maximum atomic E-state index is 12.4. The number of nitrogens with two attached hydrogens (primary N) is 1. The molecule has 0 atom stereocenters. The first-order valence-corrected chi connectivity index (χ1v) is 8.73. The average Bonchev–Trinajstić information content (AvgIpc) is 2.62. The number of hydrogen-bond acceptors (Lipinski definition) is 7. The zero-order chi connectivity index (χ0) is 20.4. The van der Waals surface area contributed by atoms with Crippen LogP contribution in [0.15, 0.2) is 9.59 Å². The lowest BCUT2D eigenvalue weighted by Gasteiger charge is -2.25. The molecule has 3 amide bonds. The zero-order valence-corrected chi connectivity index (χ0v) is 16.0. The van der Waals surface area contributed by atoms with E-state index in [-0.39, 0.29) is 37.6 Å². The second-order valence-electron chi connectivity index (χ2n) is 5.86. The predicted molar refractivity (Wildman–Crippen MR) is 102 cm³/mol. The Bertz CT molecular complexity index is 757. The molecule has 0 unspecified atom stereocenters. The van der Waals surface area contributed by atoms with E-state index in [1.54, 1.807) is 4.90 Å². The monoisotopic (exact) mass is 384 g/mol. The highest BCUT2D eigenvalue weighted by Gasteiger charge is 2.20. The number of carbonyl (C=O) groups excluding carboxylic acids is 2. The first kappa shape index (κ1) is 22.2. The molecule has 1 rings (SSSR count). The fourth-order valence-corrected chi connectivity index (χ4v) is 2.45. The fraction of sp³-hybridized carbons (Fsp3) is 0.625. The number of hydrogen-bond donors (Lipinski definition) is 4. The number of amides is 3. The molecule has 152 valence electrons. The largest absolute Gasteiger partial charge is 0.383 e. The summed E-state index contributed by atoms with van der Waals surface area (Å²) in [4.78, 5) is 51.3. The summed E-state index contributed by atoms with van der Waals surface area (Å²) in [5.74, 6) is -0.467. The maximum Gasteiger partial charge on any atom is 0.330 e. The lowest BCUT2D eigenvalue weighted by molar-refractivity contribution is -0.119.